The molecule has 5 unspecified atom stereocenters. The largest absolute Gasteiger partial charge is 0.462 e. The number of nitrogens with one attached hydrogen (secondary N) is 1. The highest BCUT2D eigenvalue weighted by Crippen LogP contribution is 2.36. The number of aliphatic hydroxyl groups excluding tert-OH is 3. The van der Waals surface area contributed by atoms with Crippen LogP contribution in [-0.2, 0) is 25.5 Å². The Morgan fingerprint density at radius 1 is 1.48 bits per heavy atom. The molecule has 7 atom stereocenters. The highest BCUT2D eigenvalue weighted by atomic mass is 16.6. The van der Waals surface area contributed by atoms with E-state index in [-0.39, 0.29) is 19.3 Å². The minimum absolute atomic E-state index is 0.183. The molecule has 11 heteroatoms. The molecule has 2 rings (SSSR count). The highest BCUT2D eigenvalue weighted by Gasteiger charge is 2.50. The predicted molar refractivity (Wildman–Crippen MR) is 98.1 cm³/mol. The van der Waals surface area contributed by atoms with E-state index in [1.54, 1.807) is 0 Å². The van der Waals surface area contributed by atoms with Gasteiger partial charge in [-0.2, -0.15) is 0 Å². The second-order valence-electron chi connectivity index (χ2n) is 7.49. The van der Waals surface area contributed by atoms with Crippen LogP contribution in [0.5, 0.6) is 0 Å². The number of aromatic nitrogens is 2. The molecule has 164 valence electrons. The van der Waals surface area contributed by atoms with E-state index < -0.39 is 60.5 Å². The third-order valence-electron chi connectivity index (χ3n) is 5.03. The first-order chi connectivity index (χ1) is 13.5. The molecule has 1 aromatic heterocycles. The van der Waals surface area contributed by atoms with Crippen molar-refractivity contribution >= 4 is 11.8 Å². The molecule has 1 saturated heterocycles. The molecule has 1 aromatic rings. The Hall–Kier alpha value is -1.89. The molecule has 0 spiro atoms. The molecule has 2 heterocycles. The molecular weight excluding hydrogens is 386 g/mol. The summed E-state index contributed by atoms with van der Waals surface area (Å²) < 4.78 is 10.4. The van der Waals surface area contributed by atoms with E-state index in [9.17, 15) is 30.0 Å². The standard InChI is InChI=1S/C18H29N3O8/c1-9(22)16-14(25)5-18(27,10(2)23)29-15(16)4-12(24)7-28-17(26)13(19)3-11-6-20-8-21-11/h6,8-9,12-16,22,24-25,27H,3-5,7,19H2,1-2H3,(H,20,21)/t9?,12-,13+,14?,15?,16?,18?/m0/s1. The number of aliphatic hydroxyl groups is 4. The minimum Gasteiger partial charge on any atom is -0.462 e. The van der Waals surface area contributed by atoms with Crippen LogP contribution in [-0.4, -0.2) is 85.0 Å². The normalized spacial score (nSPS) is 30.4. The van der Waals surface area contributed by atoms with Crippen molar-refractivity contribution < 1.29 is 39.5 Å². The number of aromatic amines is 1. The molecular formula is C18H29N3O8. The SMILES string of the molecule is CC(=O)C1(O)CC(O)C(C(C)O)C(C[C@H](O)COC(=O)[C@H](N)Cc2cnc[nH]2)O1. The Morgan fingerprint density at radius 3 is 2.72 bits per heavy atom. The third-order valence-corrected chi connectivity index (χ3v) is 5.03. The molecule has 1 aliphatic heterocycles. The van der Waals surface area contributed by atoms with Crippen LogP contribution in [0, 0.1) is 5.92 Å². The number of rotatable bonds is 9. The van der Waals surface area contributed by atoms with E-state index >= 15 is 0 Å². The van der Waals surface area contributed by atoms with E-state index in [1.165, 1.54) is 19.4 Å². The molecule has 0 amide bonds. The van der Waals surface area contributed by atoms with Gasteiger partial charge in [0.1, 0.15) is 12.6 Å². The fourth-order valence-electron chi connectivity index (χ4n) is 3.45. The zero-order chi connectivity index (χ0) is 21.8. The molecule has 0 bridgehead atoms. The number of carbonyl (C=O) groups is 2. The summed E-state index contributed by atoms with van der Waals surface area (Å²) in [4.78, 5) is 30.3. The van der Waals surface area contributed by atoms with Gasteiger partial charge in [-0.15, -0.1) is 0 Å². The second kappa shape index (κ2) is 9.74. The molecule has 0 saturated carbocycles. The molecule has 1 fully saturated rings. The molecule has 29 heavy (non-hydrogen) atoms. The Kier molecular flexibility index (Phi) is 7.86. The lowest BCUT2D eigenvalue weighted by Crippen LogP contribution is -2.58. The summed E-state index contributed by atoms with van der Waals surface area (Å²) in [5.41, 5.74) is 6.42. The number of esters is 1. The van der Waals surface area contributed by atoms with E-state index in [4.69, 9.17) is 15.2 Å². The molecule has 0 aromatic carbocycles. The van der Waals surface area contributed by atoms with Crippen molar-refractivity contribution in [3.05, 3.63) is 18.2 Å². The van der Waals surface area contributed by atoms with Gasteiger partial charge in [-0.1, -0.05) is 0 Å². The van der Waals surface area contributed by atoms with Crippen LogP contribution in [0.4, 0.5) is 0 Å². The lowest BCUT2D eigenvalue weighted by Gasteiger charge is -2.44. The summed E-state index contributed by atoms with van der Waals surface area (Å²) in [5, 5.41) is 40.8. The number of ketones is 1. The van der Waals surface area contributed by atoms with Crippen LogP contribution < -0.4 is 5.73 Å². The van der Waals surface area contributed by atoms with Gasteiger partial charge in [0.25, 0.3) is 0 Å². The molecule has 0 aliphatic carbocycles. The van der Waals surface area contributed by atoms with Gasteiger partial charge in [0, 0.05) is 44.0 Å². The van der Waals surface area contributed by atoms with Gasteiger partial charge < -0.3 is 40.6 Å². The lowest BCUT2D eigenvalue weighted by atomic mass is 9.81. The Labute approximate surface area is 167 Å². The summed E-state index contributed by atoms with van der Waals surface area (Å²) in [6.45, 7) is 2.14. The van der Waals surface area contributed by atoms with Crippen molar-refractivity contribution in [3.63, 3.8) is 0 Å². The van der Waals surface area contributed by atoms with Crippen molar-refractivity contribution in [2.24, 2.45) is 11.7 Å². The van der Waals surface area contributed by atoms with Gasteiger partial charge in [0.2, 0.25) is 5.79 Å². The van der Waals surface area contributed by atoms with Crippen LogP contribution in [0.3, 0.4) is 0 Å². The fourth-order valence-corrected chi connectivity index (χ4v) is 3.45. The number of nitrogens with zero attached hydrogens (tertiary/aromatic N) is 1. The van der Waals surface area contributed by atoms with Crippen LogP contribution in [0.15, 0.2) is 12.5 Å². The summed E-state index contributed by atoms with van der Waals surface area (Å²) in [5.74, 6) is -4.48. The van der Waals surface area contributed by atoms with Crippen molar-refractivity contribution in [3.8, 4) is 0 Å². The maximum Gasteiger partial charge on any atom is 0.323 e. The Morgan fingerprint density at radius 2 is 2.17 bits per heavy atom. The zero-order valence-electron chi connectivity index (χ0n) is 16.4. The van der Waals surface area contributed by atoms with Gasteiger partial charge in [0.15, 0.2) is 5.78 Å². The quantitative estimate of drug-likeness (QED) is 0.246. The number of carbonyl (C=O) groups excluding carboxylic acids is 2. The number of nitrogens with two attached hydrogens (primary N) is 1. The highest BCUT2D eigenvalue weighted by molar-refractivity contribution is 5.83. The van der Waals surface area contributed by atoms with Gasteiger partial charge >= 0.3 is 5.97 Å². The molecule has 1 aliphatic rings. The number of Topliss-reactive ketones (excluding diaryl/α,β-unsaturated/α-hetero) is 1. The smallest absolute Gasteiger partial charge is 0.323 e. The van der Waals surface area contributed by atoms with Crippen LogP contribution in [0.1, 0.15) is 32.4 Å². The number of imidazole rings is 1. The summed E-state index contributed by atoms with van der Waals surface area (Å²) >= 11 is 0. The van der Waals surface area contributed by atoms with E-state index in [0.29, 0.717) is 5.69 Å². The second-order valence-corrected chi connectivity index (χ2v) is 7.49. The lowest BCUT2D eigenvalue weighted by molar-refractivity contribution is -0.285. The van der Waals surface area contributed by atoms with Gasteiger partial charge in [0.05, 0.1) is 30.7 Å². The zero-order valence-corrected chi connectivity index (χ0v) is 16.4. The van der Waals surface area contributed by atoms with Crippen molar-refractivity contribution in [2.45, 2.75) is 69.4 Å². The van der Waals surface area contributed by atoms with Gasteiger partial charge in [-0.25, -0.2) is 4.98 Å². The summed E-state index contributed by atoms with van der Waals surface area (Å²) in [6, 6.07) is -0.955. The third kappa shape index (κ3) is 6.04. The first kappa shape index (κ1) is 23.4. The summed E-state index contributed by atoms with van der Waals surface area (Å²) in [7, 11) is 0. The minimum atomic E-state index is -2.21. The van der Waals surface area contributed by atoms with E-state index in [1.807, 2.05) is 0 Å². The number of hydrogen-bond donors (Lipinski definition) is 6. The number of hydrogen-bond acceptors (Lipinski definition) is 10. The number of H-pyrrole nitrogens is 1. The first-order valence-electron chi connectivity index (χ1n) is 9.38. The first-order valence-corrected chi connectivity index (χ1v) is 9.38. The van der Waals surface area contributed by atoms with Crippen molar-refractivity contribution in [1.29, 1.82) is 0 Å². The monoisotopic (exact) mass is 415 g/mol. The van der Waals surface area contributed by atoms with Gasteiger partial charge in [-0.3, -0.25) is 9.59 Å². The Balaban J connectivity index is 1.93. The molecule has 0 radical (unpaired) electrons. The summed E-state index contributed by atoms with van der Waals surface area (Å²) in [6.07, 6.45) is -1.93. The van der Waals surface area contributed by atoms with Crippen LogP contribution in [0.2, 0.25) is 0 Å². The maximum atomic E-state index is 12.0. The molecule has 11 nitrogen and oxygen atoms in total. The van der Waals surface area contributed by atoms with Crippen molar-refractivity contribution in [1.82, 2.24) is 9.97 Å². The average molecular weight is 415 g/mol. The van der Waals surface area contributed by atoms with Crippen LogP contribution in [0.25, 0.3) is 0 Å². The number of ether oxygens (including phenoxy) is 2. The van der Waals surface area contributed by atoms with Gasteiger partial charge in [-0.05, 0) is 6.92 Å². The van der Waals surface area contributed by atoms with Crippen molar-refractivity contribution in [2.75, 3.05) is 6.61 Å². The van der Waals surface area contributed by atoms with Crippen LogP contribution >= 0.6 is 0 Å². The topological polar surface area (TPSA) is 188 Å². The Bertz CT molecular complexity index is 683. The average Bonchev–Trinajstić information content (AvgIpc) is 3.11. The van der Waals surface area contributed by atoms with E-state index in [0.717, 1.165) is 6.92 Å². The maximum absolute atomic E-state index is 12.0. The fraction of sp³-hybridized carbons (Fsp3) is 0.722. The molecule has 7 N–H and O–H groups in total. The predicted octanol–water partition coefficient (Wildman–Crippen LogP) is -2.00. The van der Waals surface area contributed by atoms with E-state index in [2.05, 4.69) is 9.97 Å².